The average Bonchev–Trinajstić information content (AvgIpc) is 1.38. The molecule has 0 spiro atoms. The van der Waals surface area contributed by atoms with Crippen LogP contribution in [-0.4, -0.2) is 10.4 Å². The van der Waals surface area contributed by atoms with E-state index in [0.29, 0.717) is 5.49 Å². The van der Waals surface area contributed by atoms with Gasteiger partial charge in [0, 0.05) is 0 Å². The van der Waals surface area contributed by atoms with Gasteiger partial charge >= 0.3 is 0 Å². The zero-order chi connectivity index (χ0) is 4.28. The zero-order valence-electron chi connectivity index (χ0n) is 2.25. The summed E-state index contributed by atoms with van der Waals surface area (Å²) >= 11 is 3.85. The van der Waals surface area contributed by atoms with E-state index < -0.39 is 4.92 Å². The molecule has 0 bridgehead atoms. The second kappa shape index (κ2) is 1.78. The number of hydrogen-bond acceptors (Lipinski definition) is 3. The van der Waals surface area contributed by atoms with Gasteiger partial charge in [-0.05, 0) is 12.2 Å². The number of hydrogen-bond donors (Lipinski definition) is 0. The highest BCUT2D eigenvalue weighted by atomic mass is 32.1. The van der Waals surface area contributed by atoms with Crippen molar-refractivity contribution in [2.24, 2.45) is 0 Å². The van der Waals surface area contributed by atoms with Crippen LogP contribution in [0.25, 0.3) is 0 Å². The first-order chi connectivity index (χ1) is 2.27. The van der Waals surface area contributed by atoms with E-state index in [0.717, 1.165) is 0 Å². The van der Waals surface area contributed by atoms with Crippen LogP contribution in [0.15, 0.2) is 0 Å². The quantitative estimate of drug-likeness (QED) is 0.263. The smallest absolute Gasteiger partial charge is 0.258 e. The Kier molecular flexibility index (Phi) is 1.60. The van der Waals surface area contributed by atoms with Gasteiger partial charge < -0.3 is 0 Å². The lowest BCUT2D eigenvalue weighted by Gasteiger charge is -1.64. The Morgan fingerprint density at radius 1 is 2.00 bits per heavy atom. The highest BCUT2D eigenvalue weighted by Gasteiger charge is 1.72. The Morgan fingerprint density at radius 2 is 2.20 bits per heavy atom. The molecule has 4 heteroatoms. The lowest BCUT2D eigenvalue weighted by molar-refractivity contribution is -0.334. The van der Waals surface area contributed by atoms with Crippen LogP contribution in [-0.2, 0) is 0 Å². The van der Waals surface area contributed by atoms with E-state index in [1.807, 2.05) is 0 Å². The SMILES string of the molecule is O=[N+]([O-])C=S. The molecule has 0 amide bonds. The summed E-state index contributed by atoms with van der Waals surface area (Å²) in [5.41, 5.74) is 0.472. The van der Waals surface area contributed by atoms with Gasteiger partial charge in [0.15, 0.2) is 0 Å². The van der Waals surface area contributed by atoms with Gasteiger partial charge in [-0.25, -0.2) is 0 Å². The third-order valence-corrected chi connectivity index (χ3v) is 0.258. The number of thiocarbonyl (C=S) groups is 1. The second-order valence-corrected chi connectivity index (χ2v) is 0.602. The Hall–Kier alpha value is -0.510. The second-order valence-electron chi connectivity index (χ2n) is 0.391. The van der Waals surface area contributed by atoms with Gasteiger partial charge in [-0.3, -0.25) is 10.1 Å². The van der Waals surface area contributed by atoms with Crippen molar-refractivity contribution in [3.63, 3.8) is 0 Å². The number of rotatable bonds is 1. The van der Waals surface area contributed by atoms with E-state index in [1.165, 1.54) is 0 Å². The van der Waals surface area contributed by atoms with Gasteiger partial charge in [0.1, 0.15) is 0 Å². The highest BCUT2D eigenvalue weighted by Crippen LogP contribution is 1.51. The van der Waals surface area contributed by atoms with Crippen molar-refractivity contribution < 1.29 is 4.92 Å². The molecule has 0 radical (unpaired) electrons. The van der Waals surface area contributed by atoms with Crippen LogP contribution < -0.4 is 0 Å². The summed E-state index contributed by atoms with van der Waals surface area (Å²) in [5.74, 6) is 0. The minimum Gasteiger partial charge on any atom is -0.258 e. The fraction of sp³-hybridized carbons (Fsp3) is 0. The van der Waals surface area contributed by atoms with Crippen LogP contribution in [0, 0.1) is 10.1 Å². The van der Waals surface area contributed by atoms with E-state index in [2.05, 4.69) is 12.2 Å². The molecule has 0 N–H and O–H groups in total. The van der Waals surface area contributed by atoms with Crippen LogP contribution in [0.5, 0.6) is 0 Å². The number of nitrogens with zero attached hydrogens (tertiary/aromatic N) is 1. The van der Waals surface area contributed by atoms with E-state index in [9.17, 15) is 0 Å². The van der Waals surface area contributed by atoms with Crippen LogP contribution in [0.3, 0.4) is 0 Å². The molecular weight excluding hydrogens is 90.1 g/mol. The van der Waals surface area contributed by atoms with E-state index in [-0.39, 0.29) is 0 Å². The van der Waals surface area contributed by atoms with E-state index >= 15 is 0 Å². The Balaban J connectivity index is 3.20. The fourth-order valence-electron chi connectivity index (χ4n) is 0. The summed E-state index contributed by atoms with van der Waals surface area (Å²) in [7, 11) is 0. The Bertz CT molecular complexity index is 60.7. The molecule has 0 heterocycles. The van der Waals surface area contributed by atoms with Crippen molar-refractivity contribution in [3.8, 4) is 0 Å². The molecule has 0 aromatic heterocycles. The van der Waals surface area contributed by atoms with Crippen molar-refractivity contribution >= 4 is 17.7 Å². The van der Waals surface area contributed by atoms with Crippen LogP contribution in [0.4, 0.5) is 0 Å². The summed E-state index contributed by atoms with van der Waals surface area (Å²) in [6, 6.07) is 0. The van der Waals surface area contributed by atoms with Gasteiger partial charge in [-0.2, -0.15) is 0 Å². The summed E-state index contributed by atoms with van der Waals surface area (Å²) in [6.45, 7) is 0. The molecule has 0 unspecified atom stereocenters. The minimum absolute atomic E-state index is 0.472. The summed E-state index contributed by atoms with van der Waals surface area (Å²) in [5, 5.41) is 9.01. The molecule has 0 fully saturated rings. The fourth-order valence-corrected chi connectivity index (χ4v) is 0. The molecule has 0 aliphatic rings. The molecule has 0 aromatic rings. The van der Waals surface area contributed by atoms with Gasteiger partial charge in [0.05, 0.1) is 4.92 Å². The summed E-state index contributed by atoms with van der Waals surface area (Å²) < 4.78 is 0. The topological polar surface area (TPSA) is 43.1 Å². The molecule has 0 aliphatic carbocycles. The molecular formula is CHNO2S. The molecule has 28 valence electrons. The largest absolute Gasteiger partial charge is 0.298 e. The van der Waals surface area contributed by atoms with E-state index in [4.69, 9.17) is 10.1 Å². The predicted molar refractivity (Wildman–Crippen MR) is 20.6 cm³/mol. The Morgan fingerprint density at radius 3 is 2.20 bits per heavy atom. The lowest BCUT2D eigenvalue weighted by Crippen LogP contribution is -1.86. The van der Waals surface area contributed by atoms with Crippen molar-refractivity contribution in [1.82, 2.24) is 0 Å². The molecule has 0 atom stereocenters. The first kappa shape index (κ1) is 4.49. The highest BCUT2D eigenvalue weighted by molar-refractivity contribution is 7.78. The minimum atomic E-state index is -0.685. The van der Waals surface area contributed by atoms with Crippen LogP contribution >= 0.6 is 12.2 Å². The molecule has 0 aliphatic heterocycles. The normalized spacial score (nSPS) is 6.40. The van der Waals surface area contributed by atoms with Gasteiger partial charge in [0.25, 0.3) is 5.49 Å². The van der Waals surface area contributed by atoms with Crippen molar-refractivity contribution in [2.45, 2.75) is 0 Å². The molecule has 0 saturated heterocycles. The van der Waals surface area contributed by atoms with Crippen molar-refractivity contribution in [2.75, 3.05) is 0 Å². The maximum absolute atomic E-state index is 9.01. The molecule has 0 saturated carbocycles. The van der Waals surface area contributed by atoms with Crippen molar-refractivity contribution in [1.29, 1.82) is 0 Å². The maximum Gasteiger partial charge on any atom is 0.298 e. The van der Waals surface area contributed by atoms with E-state index in [1.54, 1.807) is 0 Å². The third kappa shape index (κ3) is 3.49. The Labute approximate surface area is 33.8 Å². The molecule has 0 aromatic carbocycles. The van der Waals surface area contributed by atoms with Crippen LogP contribution in [0.2, 0.25) is 0 Å². The average molecular weight is 91.1 g/mol. The molecule has 5 heavy (non-hydrogen) atoms. The monoisotopic (exact) mass is 91.0 g/mol. The predicted octanol–water partition coefficient (Wildman–Crippen LogP) is 0.220. The van der Waals surface area contributed by atoms with Crippen molar-refractivity contribution in [3.05, 3.63) is 10.1 Å². The summed E-state index contributed by atoms with van der Waals surface area (Å²) in [6.07, 6.45) is 0. The van der Waals surface area contributed by atoms with Gasteiger partial charge in [-0.1, -0.05) is 0 Å². The van der Waals surface area contributed by atoms with Crippen LogP contribution in [0.1, 0.15) is 0 Å². The summed E-state index contributed by atoms with van der Waals surface area (Å²) in [4.78, 5) is 8.33. The first-order valence-corrected chi connectivity index (χ1v) is 1.33. The lowest BCUT2D eigenvalue weighted by atomic mass is 11.5. The van der Waals surface area contributed by atoms with Gasteiger partial charge in [0.2, 0.25) is 0 Å². The zero-order valence-corrected chi connectivity index (χ0v) is 3.07. The third-order valence-electron chi connectivity index (χ3n) is 0.0861. The number of nitro groups is 1. The maximum atomic E-state index is 9.01. The standard InChI is InChI=1S/CHNO2S/c3-2(4)1-5/h1H. The van der Waals surface area contributed by atoms with Gasteiger partial charge in [-0.15, -0.1) is 0 Å². The molecule has 0 rings (SSSR count). The molecule has 3 nitrogen and oxygen atoms in total. The first-order valence-electron chi connectivity index (χ1n) is 0.859.